The SMILES string of the molecule is CCC1C2CNCC2CN1C(=O)c1cc(O)ccc1O. The zero-order valence-corrected chi connectivity index (χ0v) is 11.5. The first-order chi connectivity index (χ1) is 9.61. The van der Waals surface area contributed by atoms with E-state index in [9.17, 15) is 15.0 Å². The first-order valence-electron chi connectivity index (χ1n) is 7.15. The molecule has 2 aliphatic rings. The first kappa shape index (κ1) is 13.2. The number of likely N-dealkylation sites (tertiary alicyclic amines) is 1. The summed E-state index contributed by atoms with van der Waals surface area (Å²) in [5.74, 6) is 0.754. The van der Waals surface area contributed by atoms with Crippen LogP contribution in [0.2, 0.25) is 0 Å². The number of hydrogen-bond acceptors (Lipinski definition) is 4. The number of fused-ring (bicyclic) bond motifs is 1. The van der Waals surface area contributed by atoms with E-state index in [2.05, 4.69) is 12.2 Å². The Morgan fingerprint density at radius 2 is 2.20 bits per heavy atom. The van der Waals surface area contributed by atoms with E-state index < -0.39 is 0 Å². The van der Waals surface area contributed by atoms with Gasteiger partial charge in [0.25, 0.3) is 5.91 Å². The normalized spacial score (nSPS) is 28.6. The summed E-state index contributed by atoms with van der Waals surface area (Å²) in [4.78, 5) is 14.5. The molecule has 1 aromatic carbocycles. The van der Waals surface area contributed by atoms with Gasteiger partial charge in [-0.15, -0.1) is 0 Å². The molecule has 3 rings (SSSR count). The van der Waals surface area contributed by atoms with Gasteiger partial charge in [-0.1, -0.05) is 6.92 Å². The molecular formula is C15H20N2O3. The minimum atomic E-state index is -0.181. The number of nitrogens with one attached hydrogen (secondary N) is 1. The molecule has 5 nitrogen and oxygen atoms in total. The molecule has 1 amide bonds. The van der Waals surface area contributed by atoms with E-state index in [0.29, 0.717) is 11.8 Å². The smallest absolute Gasteiger partial charge is 0.258 e. The predicted molar refractivity (Wildman–Crippen MR) is 74.7 cm³/mol. The average molecular weight is 276 g/mol. The van der Waals surface area contributed by atoms with Gasteiger partial charge < -0.3 is 20.4 Å². The number of carbonyl (C=O) groups is 1. The highest BCUT2D eigenvalue weighted by atomic mass is 16.3. The number of benzene rings is 1. The second-order valence-corrected chi connectivity index (χ2v) is 5.72. The van der Waals surface area contributed by atoms with Crippen LogP contribution in [0, 0.1) is 11.8 Å². The molecule has 3 unspecified atom stereocenters. The Morgan fingerprint density at radius 3 is 2.95 bits per heavy atom. The topological polar surface area (TPSA) is 72.8 Å². The van der Waals surface area contributed by atoms with E-state index in [1.165, 1.54) is 18.2 Å². The second-order valence-electron chi connectivity index (χ2n) is 5.72. The number of hydrogen-bond donors (Lipinski definition) is 3. The molecule has 3 atom stereocenters. The highest BCUT2D eigenvalue weighted by Gasteiger charge is 2.45. The molecule has 2 fully saturated rings. The van der Waals surface area contributed by atoms with Gasteiger partial charge in [0.05, 0.1) is 5.56 Å². The number of phenols is 2. The number of phenolic OH excluding ortho intramolecular Hbond substituents is 2. The molecule has 0 bridgehead atoms. The standard InChI is InChI=1S/C15H20N2O3/c1-2-13-12-7-16-6-9(12)8-17(13)15(20)11-5-10(18)3-4-14(11)19/h3-5,9,12-13,16,18-19H,2,6-8H2,1H3. The van der Waals surface area contributed by atoms with Gasteiger partial charge in [-0.25, -0.2) is 0 Å². The maximum atomic E-state index is 12.7. The maximum Gasteiger partial charge on any atom is 0.258 e. The molecule has 3 N–H and O–H groups in total. The lowest BCUT2D eigenvalue weighted by Gasteiger charge is -2.27. The van der Waals surface area contributed by atoms with Crippen LogP contribution >= 0.6 is 0 Å². The monoisotopic (exact) mass is 276 g/mol. The molecule has 1 aromatic rings. The number of amides is 1. The fraction of sp³-hybridized carbons (Fsp3) is 0.533. The number of nitrogens with zero attached hydrogens (tertiary/aromatic N) is 1. The van der Waals surface area contributed by atoms with Crippen LogP contribution in [-0.2, 0) is 0 Å². The van der Waals surface area contributed by atoms with Gasteiger partial charge in [0.15, 0.2) is 0 Å². The number of carbonyl (C=O) groups excluding carboxylic acids is 1. The lowest BCUT2D eigenvalue weighted by Crippen LogP contribution is -2.39. The van der Waals surface area contributed by atoms with Gasteiger partial charge in [0.2, 0.25) is 0 Å². The van der Waals surface area contributed by atoms with Crippen molar-refractivity contribution in [2.24, 2.45) is 11.8 Å². The van der Waals surface area contributed by atoms with Crippen molar-refractivity contribution < 1.29 is 15.0 Å². The molecule has 0 spiro atoms. The van der Waals surface area contributed by atoms with Gasteiger partial charge in [0.1, 0.15) is 11.5 Å². The zero-order chi connectivity index (χ0) is 14.3. The Morgan fingerprint density at radius 1 is 1.40 bits per heavy atom. The summed E-state index contributed by atoms with van der Waals surface area (Å²) in [7, 11) is 0. The summed E-state index contributed by atoms with van der Waals surface area (Å²) in [6.07, 6.45) is 0.911. The zero-order valence-electron chi connectivity index (χ0n) is 11.5. The highest BCUT2D eigenvalue weighted by Crippen LogP contribution is 2.36. The third-order valence-corrected chi connectivity index (χ3v) is 4.61. The van der Waals surface area contributed by atoms with E-state index in [-0.39, 0.29) is 29.0 Å². The molecular weight excluding hydrogens is 256 g/mol. The Bertz CT molecular complexity index is 532. The molecule has 2 aliphatic heterocycles. The molecule has 0 aromatic heterocycles. The third-order valence-electron chi connectivity index (χ3n) is 4.61. The largest absolute Gasteiger partial charge is 0.508 e. The van der Waals surface area contributed by atoms with Crippen molar-refractivity contribution in [2.75, 3.05) is 19.6 Å². The van der Waals surface area contributed by atoms with E-state index in [0.717, 1.165) is 26.1 Å². The maximum absolute atomic E-state index is 12.7. The van der Waals surface area contributed by atoms with E-state index in [4.69, 9.17) is 0 Å². The summed E-state index contributed by atoms with van der Waals surface area (Å²) in [6.45, 7) is 4.73. The van der Waals surface area contributed by atoms with Crippen LogP contribution in [0.15, 0.2) is 18.2 Å². The second kappa shape index (κ2) is 4.98. The van der Waals surface area contributed by atoms with Crippen molar-refractivity contribution in [3.8, 4) is 11.5 Å². The van der Waals surface area contributed by atoms with Crippen molar-refractivity contribution in [3.05, 3.63) is 23.8 Å². The number of aromatic hydroxyl groups is 2. The molecule has 0 saturated carbocycles. The van der Waals surface area contributed by atoms with Crippen LogP contribution in [0.25, 0.3) is 0 Å². The molecule has 108 valence electrons. The van der Waals surface area contributed by atoms with Gasteiger partial charge >= 0.3 is 0 Å². The van der Waals surface area contributed by atoms with Crippen molar-refractivity contribution >= 4 is 5.91 Å². The fourth-order valence-electron chi connectivity index (χ4n) is 3.63. The summed E-state index contributed by atoms with van der Waals surface area (Å²) < 4.78 is 0. The summed E-state index contributed by atoms with van der Waals surface area (Å²) in [6, 6.07) is 4.30. The number of rotatable bonds is 2. The van der Waals surface area contributed by atoms with Crippen molar-refractivity contribution in [1.82, 2.24) is 10.2 Å². The molecule has 0 radical (unpaired) electrons. The third kappa shape index (κ3) is 2.02. The minimum absolute atomic E-state index is 0.000237. The van der Waals surface area contributed by atoms with Gasteiger partial charge in [0, 0.05) is 25.7 Å². The predicted octanol–water partition coefficient (Wildman–Crippen LogP) is 1.17. The summed E-state index contributed by atoms with van der Waals surface area (Å²) >= 11 is 0. The molecule has 0 aliphatic carbocycles. The van der Waals surface area contributed by atoms with Crippen LogP contribution in [0.4, 0.5) is 0 Å². The average Bonchev–Trinajstić information content (AvgIpc) is 3.00. The van der Waals surface area contributed by atoms with Crippen LogP contribution in [0.1, 0.15) is 23.7 Å². The molecule has 5 heteroatoms. The Kier molecular flexibility index (Phi) is 3.30. The van der Waals surface area contributed by atoms with Crippen LogP contribution < -0.4 is 5.32 Å². The molecule has 2 saturated heterocycles. The van der Waals surface area contributed by atoms with E-state index >= 15 is 0 Å². The van der Waals surface area contributed by atoms with E-state index in [1.807, 2.05) is 4.90 Å². The van der Waals surface area contributed by atoms with Crippen molar-refractivity contribution in [2.45, 2.75) is 19.4 Å². The summed E-state index contributed by atoms with van der Waals surface area (Å²) in [5.41, 5.74) is 0.191. The lowest BCUT2D eigenvalue weighted by atomic mass is 9.93. The summed E-state index contributed by atoms with van der Waals surface area (Å²) in [5, 5.41) is 22.8. The van der Waals surface area contributed by atoms with Gasteiger partial charge in [-0.3, -0.25) is 4.79 Å². The first-order valence-corrected chi connectivity index (χ1v) is 7.15. The Labute approximate surface area is 118 Å². The fourth-order valence-corrected chi connectivity index (χ4v) is 3.63. The van der Waals surface area contributed by atoms with Crippen molar-refractivity contribution in [1.29, 1.82) is 0 Å². The minimum Gasteiger partial charge on any atom is -0.508 e. The molecule has 2 heterocycles. The quantitative estimate of drug-likeness (QED) is 0.709. The highest BCUT2D eigenvalue weighted by molar-refractivity contribution is 5.97. The van der Waals surface area contributed by atoms with Crippen LogP contribution in [-0.4, -0.2) is 46.7 Å². The van der Waals surface area contributed by atoms with Crippen LogP contribution in [0.3, 0.4) is 0 Å². The van der Waals surface area contributed by atoms with Crippen LogP contribution in [0.5, 0.6) is 11.5 Å². The lowest BCUT2D eigenvalue weighted by molar-refractivity contribution is 0.0708. The Hall–Kier alpha value is -1.75. The molecule has 20 heavy (non-hydrogen) atoms. The van der Waals surface area contributed by atoms with Gasteiger partial charge in [-0.05, 0) is 36.5 Å². The van der Waals surface area contributed by atoms with E-state index in [1.54, 1.807) is 0 Å². The van der Waals surface area contributed by atoms with Gasteiger partial charge in [-0.2, -0.15) is 0 Å². The van der Waals surface area contributed by atoms with Crippen molar-refractivity contribution in [3.63, 3.8) is 0 Å². The Balaban J connectivity index is 1.88.